The summed E-state index contributed by atoms with van der Waals surface area (Å²) in [5, 5.41) is 0. The Morgan fingerprint density at radius 1 is 1.04 bits per heavy atom. The van der Waals surface area contributed by atoms with E-state index in [1.165, 1.54) is 5.56 Å². The van der Waals surface area contributed by atoms with Crippen LogP contribution in [0.25, 0.3) is 0 Å². The van der Waals surface area contributed by atoms with Crippen LogP contribution in [-0.4, -0.2) is 38.1 Å². The van der Waals surface area contributed by atoms with E-state index >= 15 is 0 Å². The normalized spacial score (nSPS) is 10.3. The predicted octanol–water partition coefficient (Wildman–Crippen LogP) is 3.34. The van der Waals surface area contributed by atoms with Gasteiger partial charge in [-0.2, -0.15) is 0 Å². The molecule has 2 aromatic carbocycles. The molecule has 0 aliphatic heterocycles. The van der Waals surface area contributed by atoms with Crippen molar-refractivity contribution in [1.82, 2.24) is 4.90 Å². The van der Waals surface area contributed by atoms with E-state index in [-0.39, 0.29) is 5.91 Å². The number of hydrogen-bond donors (Lipinski definition) is 0. The molecule has 0 aromatic heterocycles. The summed E-state index contributed by atoms with van der Waals surface area (Å²) in [5.41, 5.74) is 2.09. The van der Waals surface area contributed by atoms with Crippen LogP contribution in [0.15, 0.2) is 48.5 Å². The molecule has 0 saturated carbocycles. The van der Waals surface area contributed by atoms with Gasteiger partial charge in [-0.1, -0.05) is 30.3 Å². The third kappa shape index (κ3) is 4.75. The molecule has 0 saturated heterocycles. The second kappa shape index (κ2) is 8.96. The average Bonchev–Trinajstić information content (AvgIpc) is 2.63. The van der Waals surface area contributed by atoms with Crippen LogP contribution in [0.4, 0.5) is 0 Å². The van der Waals surface area contributed by atoms with Crippen LogP contribution in [0.1, 0.15) is 18.1 Å². The van der Waals surface area contributed by atoms with E-state index in [1.807, 2.05) is 48.2 Å². The lowest BCUT2D eigenvalue weighted by Gasteiger charge is -2.21. The number of amides is 1. The molecule has 128 valence electrons. The van der Waals surface area contributed by atoms with E-state index in [1.54, 1.807) is 14.2 Å². The summed E-state index contributed by atoms with van der Waals surface area (Å²) in [4.78, 5) is 14.5. The minimum Gasteiger partial charge on any atom is -0.497 e. The molecule has 0 heterocycles. The standard InChI is InChI=1S/C20H25NO3/c1-4-21(13-12-16-8-6-5-7-9-16)20(22)15-17-14-18(23-2)10-11-19(17)24-3/h5-11,14H,4,12-13,15H2,1-3H3. The molecule has 2 aromatic rings. The fraction of sp³-hybridized carbons (Fsp3) is 0.350. The van der Waals surface area contributed by atoms with Crippen LogP contribution >= 0.6 is 0 Å². The van der Waals surface area contributed by atoms with Gasteiger partial charge >= 0.3 is 0 Å². The minimum absolute atomic E-state index is 0.0972. The summed E-state index contributed by atoms with van der Waals surface area (Å²) in [6.07, 6.45) is 1.17. The lowest BCUT2D eigenvalue weighted by Crippen LogP contribution is -2.34. The quantitative estimate of drug-likeness (QED) is 0.746. The second-order valence-corrected chi connectivity index (χ2v) is 5.56. The van der Waals surface area contributed by atoms with Crippen LogP contribution in [0, 0.1) is 0 Å². The molecule has 4 heteroatoms. The van der Waals surface area contributed by atoms with Crippen LogP contribution in [0.2, 0.25) is 0 Å². The zero-order valence-electron chi connectivity index (χ0n) is 14.6. The van der Waals surface area contributed by atoms with Gasteiger partial charge in [0.15, 0.2) is 0 Å². The minimum atomic E-state index is 0.0972. The lowest BCUT2D eigenvalue weighted by molar-refractivity contribution is -0.130. The lowest BCUT2D eigenvalue weighted by atomic mass is 10.1. The largest absolute Gasteiger partial charge is 0.497 e. The number of methoxy groups -OCH3 is 2. The van der Waals surface area contributed by atoms with Crippen molar-refractivity contribution < 1.29 is 14.3 Å². The Labute approximate surface area is 144 Å². The number of likely N-dealkylation sites (N-methyl/N-ethyl adjacent to an activating group) is 1. The maximum Gasteiger partial charge on any atom is 0.227 e. The van der Waals surface area contributed by atoms with Crippen molar-refractivity contribution in [3.63, 3.8) is 0 Å². The van der Waals surface area contributed by atoms with Gasteiger partial charge in [0.05, 0.1) is 20.6 Å². The van der Waals surface area contributed by atoms with Crippen LogP contribution in [-0.2, 0) is 17.6 Å². The van der Waals surface area contributed by atoms with Crippen molar-refractivity contribution in [3.8, 4) is 11.5 Å². The number of carbonyl (C=O) groups is 1. The molecule has 1 amide bonds. The highest BCUT2D eigenvalue weighted by atomic mass is 16.5. The van der Waals surface area contributed by atoms with Gasteiger partial charge in [-0.25, -0.2) is 0 Å². The Bertz CT molecular complexity index is 655. The number of nitrogens with zero attached hydrogens (tertiary/aromatic N) is 1. The highest BCUT2D eigenvalue weighted by molar-refractivity contribution is 5.79. The SMILES string of the molecule is CCN(CCc1ccccc1)C(=O)Cc1cc(OC)ccc1OC. The molecule has 0 atom stereocenters. The molecular formula is C20H25NO3. The van der Waals surface area contributed by atoms with E-state index < -0.39 is 0 Å². The van der Waals surface area contributed by atoms with Gasteiger partial charge in [-0.05, 0) is 37.1 Å². The molecular weight excluding hydrogens is 302 g/mol. The average molecular weight is 327 g/mol. The van der Waals surface area contributed by atoms with Crippen LogP contribution in [0.3, 0.4) is 0 Å². The van der Waals surface area contributed by atoms with Crippen LogP contribution in [0.5, 0.6) is 11.5 Å². The van der Waals surface area contributed by atoms with E-state index in [4.69, 9.17) is 9.47 Å². The van der Waals surface area contributed by atoms with Crippen LogP contribution < -0.4 is 9.47 Å². The number of rotatable bonds is 8. The van der Waals surface area contributed by atoms with E-state index in [9.17, 15) is 4.79 Å². The van der Waals surface area contributed by atoms with E-state index in [0.717, 1.165) is 17.7 Å². The molecule has 24 heavy (non-hydrogen) atoms. The molecule has 0 fully saturated rings. The van der Waals surface area contributed by atoms with Crippen molar-refractivity contribution in [3.05, 3.63) is 59.7 Å². The highest BCUT2D eigenvalue weighted by Crippen LogP contribution is 2.24. The molecule has 0 bridgehead atoms. The number of ether oxygens (including phenoxy) is 2. The third-order valence-corrected chi connectivity index (χ3v) is 4.08. The summed E-state index contributed by atoms with van der Waals surface area (Å²) in [6.45, 7) is 3.41. The molecule has 4 nitrogen and oxygen atoms in total. The first-order valence-corrected chi connectivity index (χ1v) is 8.20. The summed E-state index contributed by atoms with van der Waals surface area (Å²) in [5.74, 6) is 1.54. The Hall–Kier alpha value is -2.49. The summed E-state index contributed by atoms with van der Waals surface area (Å²) in [6, 6.07) is 15.8. The fourth-order valence-electron chi connectivity index (χ4n) is 2.66. The number of benzene rings is 2. The predicted molar refractivity (Wildman–Crippen MR) is 95.7 cm³/mol. The van der Waals surface area contributed by atoms with Crippen molar-refractivity contribution in [1.29, 1.82) is 0 Å². The van der Waals surface area contributed by atoms with Gasteiger partial charge in [0.1, 0.15) is 11.5 Å². The zero-order valence-corrected chi connectivity index (χ0v) is 14.6. The first kappa shape index (κ1) is 17.9. The van der Waals surface area contributed by atoms with Crippen molar-refractivity contribution >= 4 is 5.91 Å². The van der Waals surface area contributed by atoms with Gasteiger partial charge in [0.2, 0.25) is 5.91 Å². The van der Waals surface area contributed by atoms with E-state index in [2.05, 4.69) is 12.1 Å². The Morgan fingerprint density at radius 3 is 2.42 bits per heavy atom. The Balaban J connectivity index is 2.03. The summed E-state index contributed by atoms with van der Waals surface area (Å²) >= 11 is 0. The highest BCUT2D eigenvalue weighted by Gasteiger charge is 2.15. The molecule has 0 spiro atoms. The first-order chi connectivity index (χ1) is 11.7. The molecule has 2 rings (SSSR count). The second-order valence-electron chi connectivity index (χ2n) is 5.56. The zero-order chi connectivity index (χ0) is 17.4. The van der Waals surface area contributed by atoms with Crippen molar-refractivity contribution in [2.45, 2.75) is 19.8 Å². The van der Waals surface area contributed by atoms with Crippen molar-refractivity contribution in [2.24, 2.45) is 0 Å². The maximum atomic E-state index is 12.7. The van der Waals surface area contributed by atoms with Gasteiger partial charge in [-0.3, -0.25) is 4.79 Å². The number of carbonyl (C=O) groups excluding carboxylic acids is 1. The Kier molecular flexibility index (Phi) is 6.67. The van der Waals surface area contributed by atoms with Gasteiger partial charge in [0.25, 0.3) is 0 Å². The van der Waals surface area contributed by atoms with Gasteiger partial charge in [0, 0.05) is 18.7 Å². The van der Waals surface area contributed by atoms with Gasteiger partial charge in [-0.15, -0.1) is 0 Å². The van der Waals surface area contributed by atoms with Gasteiger partial charge < -0.3 is 14.4 Å². The molecule has 0 N–H and O–H groups in total. The first-order valence-electron chi connectivity index (χ1n) is 8.20. The molecule has 0 unspecified atom stereocenters. The Morgan fingerprint density at radius 2 is 1.79 bits per heavy atom. The molecule has 0 aliphatic rings. The molecule has 0 radical (unpaired) electrons. The summed E-state index contributed by atoms with van der Waals surface area (Å²) < 4.78 is 10.6. The monoisotopic (exact) mass is 327 g/mol. The topological polar surface area (TPSA) is 38.8 Å². The van der Waals surface area contributed by atoms with E-state index in [0.29, 0.717) is 25.3 Å². The smallest absolute Gasteiger partial charge is 0.227 e. The summed E-state index contributed by atoms with van der Waals surface area (Å²) in [7, 11) is 3.23. The molecule has 0 aliphatic carbocycles. The maximum absolute atomic E-state index is 12.7. The third-order valence-electron chi connectivity index (χ3n) is 4.08. The fourth-order valence-corrected chi connectivity index (χ4v) is 2.66. The van der Waals surface area contributed by atoms with Crippen molar-refractivity contribution in [2.75, 3.05) is 27.3 Å². The number of hydrogen-bond acceptors (Lipinski definition) is 3.